The molecule has 1 atom stereocenters. The molecule has 3 amide bonds. The molecule has 0 saturated heterocycles. The molecule has 1 heterocycles. The van der Waals surface area contributed by atoms with Crippen molar-refractivity contribution in [1.82, 2.24) is 25.6 Å². The molecule has 1 unspecified atom stereocenters. The number of esters is 1. The third kappa shape index (κ3) is 3.31. The van der Waals surface area contributed by atoms with Crippen LogP contribution in [-0.2, 0) is 9.53 Å². The number of imide groups is 1. The Hall–Kier alpha value is -2.45. The molecular weight excluding hydrogens is 266 g/mol. The van der Waals surface area contributed by atoms with Gasteiger partial charge in [-0.3, -0.25) is 10.1 Å². The number of amides is 3. The number of ether oxygens (including phenoxy) is 1. The minimum atomic E-state index is -0.789. The number of hydrogen-bond donors (Lipinski definition) is 2. The lowest BCUT2D eigenvalue weighted by Gasteiger charge is -2.12. The molecule has 0 fully saturated rings. The molecule has 0 radical (unpaired) electrons. The van der Waals surface area contributed by atoms with Crippen molar-refractivity contribution in [2.24, 2.45) is 0 Å². The zero-order chi connectivity index (χ0) is 15.3. The van der Waals surface area contributed by atoms with Gasteiger partial charge in [-0.15, -0.1) is 5.10 Å². The van der Waals surface area contributed by atoms with Gasteiger partial charge in [0, 0.05) is 7.05 Å². The Balaban J connectivity index is 2.89. The van der Waals surface area contributed by atoms with E-state index < -0.39 is 23.9 Å². The van der Waals surface area contributed by atoms with Gasteiger partial charge >= 0.3 is 12.0 Å². The molecule has 1 aromatic rings. The van der Waals surface area contributed by atoms with E-state index in [9.17, 15) is 14.4 Å². The first kappa shape index (κ1) is 15.6. The summed E-state index contributed by atoms with van der Waals surface area (Å²) in [5, 5.41) is 11.8. The highest BCUT2D eigenvalue weighted by molar-refractivity contribution is 5.96. The van der Waals surface area contributed by atoms with Crippen molar-refractivity contribution in [3.63, 3.8) is 0 Å². The molecule has 0 aliphatic heterocycles. The van der Waals surface area contributed by atoms with Gasteiger partial charge in [-0.25, -0.2) is 14.3 Å². The van der Waals surface area contributed by atoms with E-state index in [-0.39, 0.29) is 12.3 Å². The number of carbonyl (C=O) groups is 3. The maximum Gasteiger partial charge on any atom is 0.360 e. The molecule has 0 aliphatic carbocycles. The quantitative estimate of drug-likeness (QED) is 0.738. The Morgan fingerprint density at radius 1 is 1.40 bits per heavy atom. The Kier molecular flexibility index (Phi) is 5.18. The number of rotatable bonds is 4. The van der Waals surface area contributed by atoms with Crippen molar-refractivity contribution in [2.45, 2.75) is 26.8 Å². The highest BCUT2D eigenvalue weighted by Gasteiger charge is 2.24. The van der Waals surface area contributed by atoms with Gasteiger partial charge < -0.3 is 10.1 Å². The molecule has 9 nitrogen and oxygen atoms in total. The minimum absolute atomic E-state index is 0.0476. The fraction of sp³-hybridized carbons (Fsp3) is 0.545. The fourth-order valence-electron chi connectivity index (χ4n) is 1.49. The molecule has 1 rings (SSSR count). The summed E-state index contributed by atoms with van der Waals surface area (Å²) in [6, 6.07) is -1.41. The van der Waals surface area contributed by atoms with E-state index in [0.717, 1.165) is 0 Å². The van der Waals surface area contributed by atoms with Crippen LogP contribution in [0.1, 0.15) is 36.1 Å². The van der Waals surface area contributed by atoms with E-state index in [0.29, 0.717) is 5.69 Å². The van der Waals surface area contributed by atoms with Crippen LogP contribution in [0.15, 0.2) is 0 Å². The van der Waals surface area contributed by atoms with E-state index in [1.807, 2.05) is 0 Å². The number of nitrogens with one attached hydrogen (secondary N) is 2. The van der Waals surface area contributed by atoms with E-state index in [1.54, 1.807) is 13.8 Å². The molecule has 0 aliphatic rings. The van der Waals surface area contributed by atoms with Crippen LogP contribution in [0.4, 0.5) is 4.79 Å². The molecule has 0 spiro atoms. The maximum absolute atomic E-state index is 11.8. The lowest BCUT2D eigenvalue weighted by Crippen LogP contribution is -2.41. The largest absolute Gasteiger partial charge is 0.461 e. The highest BCUT2D eigenvalue weighted by Crippen LogP contribution is 2.12. The number of carbonyl (C=O) groups excluding carboxylic acids is 3. The van der Waals surface area contributed by atoms with Gasteiger partial charge in [0.1, 0.15) is 6.04 Å². The number of aromatic nitrogens is 3. The van der Waals surface area contributed by atoms with Crippen LogP contribution in [0.25, 0.3) is 0 Å². The van der Waals surface area contributed by atoms with Crippen molar-refractivity contribution < 1.29 is 19.1 Å². The number of hydrogen-bond acceptors (Lipinski definition) is 6. The molecule has 20 heavy (non-hydrogen) atoms. The Morgan fingerprint density at radius 3 is 2.60 bits per heavy atom. The summed E-state index contributed by atoms with van der Waals surface area (Å²) in [6.45, 7) is 5.03. The second-order valence-electron chi connectivity index (χ2n) is 3.93. The first-order valence-electron chi connectivity index (χ1n) is 6.03. The summed E-state index contributed by atoms with van der Waals surface area (Å²) in [5.41, 5.74) is 0.439. The van der Waals surface area contributed by atoms with Crippen molar-refractivity contribution in [1.29, 1.82) is 0 Å². The summed E-state index contributed by atoms with van der Waals surface area (Å²) in [7, 11) is 1.40. The third-order valence-corrected chi connectivity index (χ3v) is 2.61. The lowest BCUT2D eigenvalue weighted by atomic mass is 10.3. The normalized spacial score (nSPS) is 11.6. The Bertz CT molecular complexity index is 525. The first-order chi connectivity index (χ1) is 9.42. The van der Waals surface area contributed by atoms with Crippen LogP contribution in [0.2, 0.25) is 0 Å². The number of urea groups is 1. The zero-order valence-corrected chi connectivity index (χ0v) is 11.8. The second kappa shape index (κ2) is 6.64. The Labute approximate surface area is 115 Å². The summed E-state index contributed by atoms with van der Waals surface area (Å²) in [6.07, 6.45) is 0. The van der Waals surface area contributed by atoms with E-state index in [2.05, 4.69) is 20.9 Å². The first-order valence-corrected chi connectivity index (χ1v) is 6.03. The van der Waals surface area contributed by atoms with Crippen LogP contribution in [-0.4, -0.2) is 46.6 Å². The van der Waals surface area contributed by atoms with E-state index in [1.165, 1.54) is 18.7 Å². The monoisotopic (exact) mass is 283 g/mol. The minimum Gasteiger partial charge on any atom is -0.461 e. The average molecular weight is 283 g/mol. The molecule has 9 heteroatoms. The molecule has 1 aromatic heterocycles. The van der Waals surface area contributed by atoms with Gasteiger partial charge in [-0.2, -0.15) is 0 Å². The predicted octanol–water partition coefficient (Wildman–Crippen LogP) is -0.220. The molecule has 110 valence electrons. The molecular formula is C11H17N5O4. The van der Waals surface area contributed by atoms with Crippen molar-refractivity contribution in [3.05, 3.63) is 11.4 Å². The van der Waals surface area contributed by atoms with Crippen LogP contribution < -0.4 is 10.6 Å². The topological polar surface area (TPSA) is 115 Å². The van der Waals surface area contributed by atoms with Gasteiger partial charge in [-0.1, -0.05) is 5.21 Å². The summed E-state index contributed by atoms with van der Waals surface area (Å²) < 4.78 is 6.08. The van der Waals surface area contributed by atoms with Crippen molar-refractivity contribution >= 4 is 17.9 Å². The van der Waals surface area contributed by atoms with Gasteiger partial charge in [0.15, 0.2) is 5.69 Å². The number of nitrogens with zero attached hydrogens (tertiary/aromatic N) is 3. The van der Waals surface area contributed by atoms with Gasteiger partial charge in [-0.05, 0) is 20.8 Å². The second-order valence-corrected chi connectivity index (χ2v) is 3.93. The summed E-state index contributed by atoms with van der Waals surface area (Å²) >= 11 is 0. The zero-order valence-electron chi connectivity index (χ0n) is 11.8. The smallest absolute Gasteiger partial charge is 0.360 e. The predicted molar refractivity (Wildman–Crippen MR) is 68.0 cm³/mol. The molecule has 0 saturated carbocycles. The SMILES string of the molecule is CCOC(=O)c1nnn(C(C)C(=O)NC(=O)NC)c1C. The summed E-state index contributed by atoms with van der Waals surface area (Å²) in [5.74, 6) is -1.16. The van der Waals surface area contributed by atoms with Gasteiger partial charge in [0.2, 0.25) is 0 Å². The average Bonchev–Trinajstić information content (AvgIpc) is 2.79. The lowest BCUT2D eigenvalue weighted by molar-refractivity contribution is -0.123. The van der Waals surface area contributed by atoms with Gasteiger partial charge in [0.25, 0.3) is 5.91 Å². The fourth-order valence-corrected chi connectivity index (χ4v) is 1.49. The third-order valence-electron chi connectivity index (χ3n) is 2.61. The van der Waals surface area contributed by atoms with Crippen molar-refractivity contribution in [2.75, 3.05) is 13.7 Å². The standard InChI is InChI=1S/C11H17N5O4/c1-5-20-10(18)8-6(2)16(15-14-8)7(3)9(17)13-11(19)12-4/h7H,5H2,1-4H3,(H2,12,13,17,19). The van der Waals surface area contributed by atoms with Crippen LogP contribution >= 0.6 is 0 Å². The molecule has 0 bridgehead atoms. The van der Waals surface area contributed by atoms with Crippen molar-refractivity contribution in [3.8, 4) is 0 Å². The van der Waals surface area contributed by atoms with Crippen LogP contribution in [0, 0.1) is 6.92 Å². The maximum atomic E-state index is 11.8. The van der Waals surface area contributed by atoms with Crippen LogP contribution in [0.5, 0.6) is 0 Å². The van der Waals surface area contributed by atoms with Gasteiger partial charge in [0.05, 0.1) is 12.3 Å². The molecule has 2 N–H and O–H groups in total. The highest BCUT2D eigenvalue weighted by atomic mass is 16.5. The van der Waals surface area contributed by atoms with Crippen LogP contribution in [0.3, 0.4) is 0 Å². The Morgan fingerprint density at radius 2 is 2.05 bits per heavy atom. The summed E-state index contributed by atoms with van der Waals surface area (Å²) in [4.78, 5) is 34.5. The van der Waals surface area contributed by atoms with E-state index >= 15 is 0 Å². The van der Waals surface area contributed by atoms with E-state index in [4.69, 9.17) is 4.74 Å². The molecule has 0 aromatic carbocycles.